The molecule has 98 valence electrons. The molecule has 1 aliphatic rings. The molecule has 0 radical (unpaired) electrons. The number of carbonyl (C=O) groups is 2. The lowest BCUT2D eigenvalue weighted by Crippen LogP contribution is -2.51. The summed E-state index contributed by atoms with van der Waals surface area (Å²) in [4.78, 5) is 26.8. The number of carbonyl (C=O) groups excluding carboxylic acids is 2. The van der Waals surface area contributed by atoms with Gasteiger partial charge in [-0.3, -0.25) is 14.5 Å². The third kappa shape index (κ3) is 4.70. The number of hydrogen-bond donors (Lipinski definition) is 2. The molecule has 17 heavy (non-hydrogen) atoms. The van der Waals surface area contributed by atoms with Crippen molar-refractivity contribution in [2.24, 2.45) is 5.73 Å². The maximum atomic E-state index is 11.7. The van der Waals surface area contributed by atoms with Crippen molar-refractivity contribution in [1.29, 1.82) is 0 Å². The van der Waals surface area contributed by atoms with Gasteiger partial charge >= 0.3 is 0 Å². The van der Waals surface area contributed by atoms with Gasteiger partial charge in [-0.25, -0.2) is 0 Å². The maximum Gasteiger partial charge on any atom is 0.242 e. The lowest BCUT2D eigenvalue weighted by Gasteiger charge is -2.34. The summed E-state index contributed by atoms with van der Waals surface area (Å²) in [6, 6.07) is 0. The van der Waals surface area contributed by atoms with E-state index in [1.807, 2.05) is 0 Å². The van der Waals surface area contributed by atoms with Crippen molar-refractivity contribution in [2.45, 2.75) is 13.3 Å². The highest BCUT2D eigenvalue weighted by Crippen LogP contribution is 2.02. The molecule has 1 heterocycles. The van der Waals surface area contributed by atoms with E-state index in [2.05, 4.69) is 17.1 Å². The van der Waals surface area contributed by atoms with E-state index in [9.17, 15) is 9.59 Å². The zero-order valence-corrected chi connectivity index (χ0v) is 10.4. The molecular weight excluding hydrogens is 220 g/mol. The van der Waals surface area contributed by atoms with Crippen LogP contribution in [0.1, 0.15) is 13.3 Å². The summed E-state index contributed by atoms with van der Waals surface area (Å²) >= 11 is 0. The lowest BCUT2D eigenvalue weighted by atomic mass is 10.3. The van der Waals surface area contributed by atoms with Gasteiger partial charge in [-0.15, -0.1) is 0 Å². The second-order valence-corrected chi connectivity index (χ2v) is 4.20. The normalized spacial score (nSPS) is 16.9. The molecule has 1 saturated heterocycles. The number of nitrogens with one attached hydrogen (secondary N) is 1. The number of amides is 2. The summed E-state index contributed by atoms with van der Waals surface area (Å²) in [6.07, 6.45) is 1.14. The van der Waals surface area contributed by atoms with Crippen LogP contribution in [0.25, 0.3) is 0 Å². The average molecular weight is 242 g/mol. The first-order valence-electron chi connectivity index (χ1n) is 6.14. The average Bonchev–Trinajstić information content (AvgIpc) is 2.36. The zero-order valence-electron chi connectivity index (χ0n) is 10.4. The quantitative estimate of drug-likeness (QED) is 0.622. The van der Waals surface area contributed by atoms with E-state index in [-0.39, 0.29) is 24.9 Å². The summed E-state index contributed by atoms with van der Waals surface area (Å²) in [6.45, 7) is 6.57. The Hall–Kier alpha value is -1.14. The Morgan fingerprint density at radius 2 is 1.88 bits per heavy atom. The van der Waals surface area contributed by atoms with E-state index in [0.29, 0.717) is 0 Å². The number of nitrogens with zero attached hydrogens (tertiary/aromatic N) is 2. The van der Waals surface area contributed by atoms with Gasteiger partial charge < -0.3 is 16.0 Å². The minimum Gasteiger partial charge on any atom is -0.346 e. The number of piperazine rings is 1. The Morgan fingerprint density at radius 3 is 2.41 bits per heavy atom. The first-order valence-corrected chi connectivity index (χ1v) is 6.14. The fourth-order valence-electron chi connectivity index (χ4n) is 1.90. The van der Waals surface area contributed by atoms with Crippen LogP contribution in [0.5, 0.6) is 0 Å². The molecule has 6 heteroatoms. The highest BCUT2D eigenvalue weighted by atomic mass is 16.2. The molecule has 1 aliphatic heterocycles. The summed E-state index contributed by atoms with van der Waals surface area (Å²) in [7, 11) is 0. The fourth-order valence-corrected chi connectivity index (χ4v) is 1.90. The summed E-state index contributed by atoms with van der Waals surface area (Å²) < 4.78 is 0. The molecule has 3 N–H and O–H groups in total. The standard InChI is InChI=1S/C11H22N4O2/c1-2-3-14-4-6-15(7-5-14)11(17)9-13-10(16)8-12/h2-9,12H2,1H3,(H,13,16). The maximum absolute atomic E-state index is 11.7. The zero-order chi connectivity index (χ0) is 12.7. The van der Waals surface area contributed by atoms with Crippen molar-refractivity contribution in [3.63, 3.8) is 0 Å². The van der Waals surface area contributed by atoms with Crippen molar-refractivity contribution in [2.75, 3.05) is 45.8 Å². The van der Waals surface area contributed by atoms with Gasteiger partial charge in [-0.1, -0.05) is 6.92 Å². The summed E-state index contributed by atoms with van der Waals surface area (Å²) in [5.74, 6) is -0.314. The van der Waals surface area contributed by atoms with Crippen molar-refractivity contribution in [1.82, 2.24) is 15.1 Å². The Labute approximate surface area is 102 Å². The molecule has 0 spiro atoms. The number of hydrogen-bond acceptors (Lipinski definition) is 4. The van der Waals surface area contributed by atoms with Gasteiger partial charge in [0.25, 0.3) is 0 Å². The molecule has 0 saturated carbocycles. The van der Waals surface area contributed by atoms with Crippen LogP contribution in [0, 0.1) is 0 Å². The Morgan fingerprint density at radius 1 is 1.24 bits per heavy atom. The van der Waals surface area contributed by atoms with E-state index in [4.69, 9.17) is 5.73 Å². The van der Waals surface area contributed by atoms with Crippen molar-refractivity contribution >= 4 is 11.8 Å². The molecule has 0 aromatic rings. The fraction of sp³-hybridized carbons (Fsp3) is 0.818. The predicted octanol–water partition coefficient (Wildman–Crippen LogP) is -1.38. The van der Waals surface area contributed by atoms with Gasteiger partial charge in [-0.05, 0) is 13.0 Å². The molecule has 0 aliphatic carbocycles. The van der Waals surface area contributed by atoms with Crippen LogP contribution < -0.4 is 11.1 Å². The van der Waals surface area contributed by atoms with E-state index >= 15 is 0 Å². The molecule has 1 fully saturated rings. The Balaban J connectivity index is 2.23. The second kappa shape index (κ2) is 7.24. The second-order valence-electron chi connectivity index (χ2n) is 4.20. The minimum absolute atomic E-state index is 0.0250. The summed E-state index contributed by atoms with van der Waals surface area (Å²) in [5, 5.41) is 2.50. The SMILES string of the molecule is CCCN1CCN(C(=O)CNC(=O)CN)CC1. The molecular formula is C11H22N4O2. The smallest absolute Gasteiger partial charge is 0.242 e. The first kappa shape index (κ1) is 13.9. The predicted molar refractivity (Wildman–Crippen MR) is 65.4 cm³/mol. The third-order valence-electron chi connectivity index (χ3n) is 2.89. The van der Waals surface area contributed by atoms with Crippen LogP contribution in [0.2, 0.25) is 0 Å². The van der Waals surface area contributed by atoms with Crippen LogP contribution >= 0.6 is 0 Å². The van der Waals surface area contributed by atoms with Crippen LogP contribution in [0.3, 0.4) is 0 Å². The topological polar surface area (TPSA) is 78.7 Å². The van der Waals surface area contributed by atoms with Gasteiger partial charge in [0.1, 0.15) is 0 Å². The van der Waals surface area contributed by atoms with Gasteiger partial charge in [0, 0.05) is 26.2 Å². The van der Waals surface area contributed by atoms with Crippen molar-refractivity contribution in [3.8, 4) is 0 Å². The molecule has 6 nitrogen and oxygen atoms in total. The van der Waals surface area contributed by atoms with Crippen LogP contribution in [-0.2, 0) is 9.59 Å². The van der Waals surface area contributed by atoms with Gasteiger partial charge in [0.15, 0.2) is 0 Å². The summed E-state index contributed by atoms with van der Waals surface area (Å²) in [5.41, 5.74) is 5.14. The Bertz CT molecular complexity index is 262. The van der Waals surface area contributed by atoms with Gasteiger partial charge in [0.2, 0.25) is 11.8 Å². The molecule has 1 rings (SSSR count). The van der Waals surface area contributed by atoms with E-state index in [1.54, 1.807) is 4.90 Å². The first-order chi connectivity index (χ1) is 8.17. The third-order valence-corrected chi connectivity index (χ3v) is 2.89. The van der Waals surface area contributed by atoms with E-state index < -0.39 is 0 Å². The molecule has 2 amide bonds. The van der Waals surface area contributed by atoms with Crippen LogP contribution in [0.15, 0.2) is 0 Å². The molecule has 0 unspecified atom stereocenters. The number of rotatable bonds is 5. The number of nitrogens with two attached hydrogens (primary N) is 1. The van der Waals surface area contributed by atoms with E-state index in [0.717, 1.165) is 39.1 Å². The monoisotopic (exact) mass is 242 g/mol. The van der Waals surface area contributed by atoms with Crippen molar-refractivity contribution in [3.05, 3.63) is 0 Å². The highest BCUT2D eigenvalue weighted by Gasteiger charge is 2.20. The minimum atomic E-state index is -0.289. The molecule has 0 aromatic heterocycles. The van der Waals surface area contributed by atoms with Gasteiger partial charge in [0.05, 0.1) is 13.1 Å². The highest BCUT2D eigenvalue weighted by molar-refractivity contribution is 5.85. The lowest BCUT2D eigenvalue weighted by molar-refractivity contribution is -0.134. The Kier molecular flexibility index (Phi) is 5.93. The molecule has 0 bridgehead atoms. The largest absolute Gasteiger partial charge is 0.346 e. The molecule has 0 atom stereocenters. The van der Waals surface area contributed by atoms with E-state index in [1.165, 1.54) is 0 Å². The van der Waals surface area contributed by atoms with Crippen molar-refractivity contribution < 1.29 is 9.59 Å². The van der Waals surface area contributed by atoms with Crippen LogP contribution in [0.4, 0.5) is 0 Å². The van der Waals surface area contributed by atoms with Gasteiger partial charge in [-0.2, -0.15) is 0 Å². The van der Waals surface area contributed by atoms with Crippen LogP contribution in [-0.4, -0.2) is 67.4 Å². The molecule has 0 aromatic carbocycles.